The summed E-state index contributed by atoms with van der Waals surface area (Å²) in [6, 6.07) is 12.4. The lowest BCUT2D eigenvalue weighted by atomic mass is 10.1. The molecule has 0 spiro atoms. The van der Waals surface area contributed by atoms with Crippen LogP contribution in [0.5, 0.6) is 0 Å². The fourth-order valence-electron chi connectivity index (χ4n) is 2.91. The fraction of sp³-hybridized carbons (Fsp3) is 0.318. The number of hydrogen-bond donors (Lipinski definition) is 2. The minimum absolute atomic E-state index is 0.0420. The van der Waals surface area contributed by atoms with Crippen LogP contribution in [0.1, 0.15) is 43.1 Å². The predicted octanol–water partition coefficient (Wildman–Crippen LogP) is 4.01. The standard InChI is InChI=1S/C22H27N3O3/c1-5-25(6-2)19-11-12-20(15(3)13-19)24-22(28)14-21(27)23-18-9-7-17(8-10-18)16(4)26/h7-13H,5-6,14H2,1-4H3,(H,23,27)(H,24,28). The van der Waals surface area contributed by atoms with Crippen molar-refractivity contribution >= 4 is 34.7 Å². The van der Waals surface area contributed by atoms with Gasteiger partial charge in [-0.2, -0.15) is 0 Å². The summed E-state index contributed by atoms with van der Waals surface area (Å²) in [5, 5.41) is 5.45. The van der Waals surface area contributed by atoms with Gasteiger partial charge in [0.1, 0.15) is 6.42 Å². The normalized spacial score (nSPS) is 10.3. The molecule has 0 aromatic heterocycles. The Labute approximate surface area is 165 Å². The van der Waals surface area contributed by atoms with Gasteiger partial charge in [0.25, 0.3) is 0 Å². The molecule has 0 aliphatic rings. The number of benzene rings is 2. The van der Waals surface area contributed by atoms with Crippen LogP contribution in [-0.4, -0.2) is 30.7 Å². The van der Waals surface area contributed by atoms with Gasteiger partial charge in [-0.05, 0) is 75.7 Å². The van der Waals surface area contributed by atoms with Gasteiger partial charge in [-0.3, -0.25) is 14.4 Å². The van der Waals surface area contributed by atoms with Crippen molar-refractivity contribution in [2.75, 3.05) is 28.6 Å². The SMILES string of the molecule is CCN(CC)c1ccc(NC(=O)CC(=O)Nc2ccc(C(C)=O)cc2)c(C)c1. The summed E-state index contributed by atoms with van der Waals surface area (Å²) in [5.74, 6) is -0.832. The quantitative estimate of drug-likeness (QED) is 0.535. The third-order valence-corrected chi connectivity index (χ3v) is 4.51. The number of Topliss-reactive ketones (excluding diaryl/α,β-unsaturated/α-hetero) is 1. The van der Waals surface area contributed by atoms with Crippen LogP contribution in [0.15, 0.2) is 42.5 Å². The molecule has 0 atom stereocenters. The van der Waals surface area contributed by atoms with Crippen molar-refractivity contribution in [2.45, 2.75) is 34.1 Å². The molecular formula is C22H27N3O3. The molecule has 0 fully saturated rings. The van der Waals surface area contributed by atoms with E-state index in [-0.39, 0.29) is 18.1 Å². The van der Waals surface area contributed by atoms with E-state index in [4.69, 9.17) is 0 Å². The molecule has 0 bridgehead atoms. The van der Waals surface area contributed by atoms with Crippen molar-refractivity contribution in [3.8, 4) is 0 Å². The summed E-state index contributed by atoms with van der Waals surface area (Å²) in [5.41, 5.74) is 3.85. The maximum atomic E-state index is 12.2. The molecule has 0 heterocycles. The molecule has 2 rings (SSSR count). The van der Waals surface area contributed by atoms with Crippen molar-refractivity contribution in [2.24, 2.45) is 0 Å². The zero-order valence-electron chi connectivity index (χ0n) is 16.8. The zero-order valence-corrected chi connectivity index (χ0v) is 16.8. The van der Waals surface area contributed by atoms with Gasteiger partial charge in [-0.1, -0.05) is 0 Å². The third-order valence-electron chi connectivity index (χ3n) is 4.51. The van der Waals surface area contributed by atoms with Crippen LogP contribution in [0.2, 0.25) is 0 Å². The minimum Gasteiger partial charge on any atom is -0.372 e. The van der Waals surface area contributed by atoms with Crippen molar-refractivity contribution in [1.82, 2.24) is 0 Å². The first-order chi connectivity index (χ1) is 13.3. The van der Waals surface area contributed by atoms with Gasteiger partial charge < -0.3 is 15.5 Å². The van der Waals surface area contributed by atoms with E-state index >= 15 is 0 Å². The van der Waals surface area contributed by atoms with Crippen LogP contribution in [0.4, 0.5) is 17.1 Å². The summed E-state index contributed by atoms with van der Waals surface area (Å²) >= 11 is 0. The predicted molar refractivity (Wildman–Crippen MR) is 113 cm³/mol. The van der Waals surface area contributed by atoms with Gasteiger partial charge in [-0.15, -0.1) is 0 Å². The van der Waals surface area contributed by atoms with E-state index in [1.54, 1.807) is 24.3 Å². The number of aryl methyl sites for hydroxylation is 1. The minimum atomic E-state index is -0.412. The molecular weight excluding hydrogens is 354 g/mol. The summed E-state index contributed by atoms with van der Waals surface area (Å²) in [6.07, 6.45) is -0.286. The van der Waals surface area contributed by atoms with Crippen LogP contribution < -0.4 is 15.5 Å². The Kier molecular flexibility index (Phi) is 7.32. The lowest BCUT2D eigenvalue weighted by molar-refractivity contribution is -0.123. The average molecular weight is 381 g/mol. The van der Waals surface area contributed by atoms with Crippen LogP contribution in [0, 0.1) is 6.92 Å². The van der Waals surface area contributed by atoms with Gasteiger partial charge in [0, 0.05) is 35.7 Å². The van der Waals surface area contributed by atoms with Gasteiger partial charge in [-0.25, -0.2) is 0 Å². The number of carbonyl (C=O) groups is 3. The largest absolute Gasteiger partial charge is 0.372 e. The van der Waals surface area contributed by atoms with Crippen LogP contribution >= 0.6 is 0 Å². The number of carbonyl (C=O) groups excluding carboxylic acids is 3. The van der Waals surface area contributed by atoms with Crippen LogP contribution in [0.25, 0.3) is 0 Å². The number of amides is 2. The number of nitrogens with zero attached hydrogens (tertiary/aromatic N) is 1. The van der Waals surface area contributed by atoms with Crippen LogP contribution in [-0.2, 0) is 9.59 Å². The molecule has 2 amide bonds. The lowest BCUT2D eigenvalue weighted by Gasteiger charge is -2.22. The monoisotopic (exact) mass is 381 g/mol. The van der Waals surface area contributed by atoms with Gasteiger partial charge in [0.2, 0.25) is 11.8 Å². The molecule has 148 valence electrons. The zero-order chi connectivity index (χ0) is 20.7. The molecule has 0 aliphatic carbocycles. The maximum Gasteiger partial charge on any atom is 0.233 e. The fourth-order valence-corrected chi connectivity index (χ4v) is 2.91. The molecule has 0 aliphatic heterocycles. The van der Waals surface area contributed by atoms with Crippen molar-refractivity contribution < 1.29 is 14.4 Å². The second kappa shape index (κ2) is 9.69. The molecule has 2 aromatic rings. The van der Waals surface area contributed by atoms with E-state index in [9.17, 15) is 14.4 Å². The summed E-state index contributed by atoms with van der Waals surface area (Å²) in [7, 11) is 0. The van der Waals surface area contributed by atoms with E-state index in [1.807, 2.05) is 25.1 Å². The summed E-state index contributed by atoms with van der Waals surface area (Å²) in [4.78, 5) is 37.8. The molecule has 0 unspecified atom stereocenters. The van der Waals surface area contributed by atoms with Crippen molar-refractivity contribution in [3.63, 3.8) is 0 Å². The summed E-state index contributed by atoms with van der Waals surface area (Å²) < 4.78 is 0. The second-order valence-corrected chi connectivity index (χ2v) is 6.58. The van der Waals surface area contributed by atoms with E-state index < -0.39 is 5.91 Å². The highest BCUT2D eigenvalue weighted by Gasteiger charge is 2.12. The number of nitrogens with one attached hydrogen (secondary N) is 2. The van der Waals surface area contributed by atoms with Crippen molar-refractivity contribution in [3.05, 3.63) is 53.6 Å². The molecule has 0 radical (unpaired) electrons. The molecule has 0 saturated carbocycles. The Morgan fingerprint density at radius 3 is 2.04 bits per heavy atom. The number of ketones is 1. The molecule has 6 nitrogen and oxygen atoms in total. The van der Waals surface area contributed by atoms with Gasteiger partial charge in [0.15, 0.2) is 5.78 Å². The third kappa shape index (κ3) is 5.67. The molecule has 0 saturated heterocycles. The molecule has 28 heavy (non-hydrogen) atoms. The summed E-state index contributed by atoms with van der Waals surface area (Å²) in [6.45, 7) is 9.43. The number of hydrogen-bond acceptors (Lipinski definition) is 4. The Hall–Kier alpha value is -3.15. The van der Waals surface area contributed by atoms with E-state index in [0.29, 0.717) is 16.9 Å². The first-order valence-electron chi connectivity index (χ1n) is 9.40. The topological polar surface area (TPSA) is 78.5 Å². The van der Waals surface area contributed by atoms with E-state index in [0.717, 1.165) is 24.3 Å². The second-order valence-electron chi connectivity index (χ2n) is 6.58. The smallest absolute Gasteiger partial charge is 0.233 e. The van der Waals surface area contributed by atoms with E-state index in [2.05, 4.69) is 29.4 Å². The Balaban J connectivity index is 1.94. The first kappa shape index (κ1) is 21.2. The Morgan fingerprint density at radius 1 is 0.893 bits per heavy atom. The highest BCUT2D eigenvalue weighted by molar-refractivity contribution is 6.08. The number of anilines is 3. The average Bonchev–Trinajstić information content (AvgIpc) is 2.65. The molecule has 6 heteroatoms. The molecule has 2 aromatic carbocycles. The first-order valence-corrected chi connectivity index (χ1v) is 9.40. The highest BCUT2D eigenvalue weighted by Crippen LogP contribution is 2.23. The van der Waals surface area contributed by atoms with Gasteiger partial charge in [0.05, 0.1) is 0 Å². The van der Waals surface area contributed by atoms with Crippen molar-refractivity contribution in [1.29, 1.82) is 0 Å². The number of rotatable bonds is 8. The Bertz CT molecular complexity index is 856. The lowest BCUT2D eigenvalue weighted by Crippen LogP contribution is -2.23. The van der Waals surface area contributed by atoms with Crippen LogP contribution in [0.3, 0.4) is 0 Å². The Morgan fingerprint density at radius 2 is 1.50 bits per heavy atom. The maximum absolute atomic E-state index is 12.2. The molecule has 2 N–H and O–H groups in total. The van der Waals surface area contributed by atoms with Gasteiger partial charge >= 0.3 is 0 Å². The highest BCUT2D eigenvalue weighted by atomic mass is 16.2. The van der Waals surface area contributed by atoms with E-state index in [1.165, 1.54) is 6.92 Å².